The molecule has 0 bridgehead atoms. The molecule has 2 heterocycles. The number of ether oxygens (including phenoxy) is 2. The molecule has 4 rings (SSSR count). The maximum Gasteiger partial charge on any atom is 0.275 e. The van der Waals surface area contributed by atoms with E-state index in [-0.39, 0.29) is 24.1 Å². The van der Waals surface area contributed by atoms with Crippen molar-refractivity contribution >= 4 is 29.0 Å². The average molecular weight is 344 g/mol. The first-order chi connectivity index (χ1) is 11.6. The van der Waals surface area contributed by atoms with Crippen LogP contribution in [0.2, 0.25) is 0 Å². The summed E-state index contributed by atoms with van der Waals surface area (Å²) in [7, 11) is 0. The van der Waals surface area contributed by atoms with Gasteiger partial charge in [-0.15, -0.1) is 11.8 Å². The van der Waals surface area contributed by atoms with E-state index >= 15 is 0 Å². The lowest BCUT2D eigenvalue weighted by molar-refractivity contribution is -0.385. The van der Waals surface area contributed by atoms with Gasteiger partial charge in [-0.25, -0.2) is 0 Å². The van der Waals surface area contributed by atoms with Crippen LogP contribution in [0.5, 0.6) is 11.5 Å². The molecular formula is C16H12N2O5S. The van der Waals surface area contributed by atoms with Crippen LogP contribution in [0.1, 0.15) is 10.9 Å². The van der Waals surface area contributed by atoms with Gasteiger partial charge in [0.2, 0.25) is 12.7 Å². The van der Waals surface area contributed by atoms with Crippen molar-refractivity contribution in [2.75, 3.05) is 17.4 Å². The van der Waals surface area contributed by atoms with Crippen LogP contribution in [-0.4, -0.2) is 23.4 Å². The molecular weight excluding hydrogens is 332 g/mol. The quantitative estimate of drug-likeness (QED) is 0.628. The monoisotopic (exact) mass is 344 g/mol. The summed E-state index contributed by atoms with van der Waals surface area (Å²) in [5.74, 6) is 1.37. The van der Waals surface area contributed by atoms with E-state index in [0.717, 1.165) is 0 Å². The van der Waals surface area contributed by atoms with Gasteiger partial charge in [-0.1, -0.05) is 12.1 Å². The standard InChI is InChI=1S/C16H12N2O5S/c19-15-8-24-16(11-3-1-2-4-12(11)18(20)21)17(15)10-5-6-13-14(7-10)23-9-22-13/h1-7,16H,8-9H2. The minimum Gasteiger partial charge on any atom is -0.454 e. The fraction of sp³-hybridized carbons (Fsp3) is 0.188. The molecule has 0 N–H and O–H groups in total. The Labute approximate surface area is 141 Å². The molecule has 24 heavy (non-hydrogen) atoms. The molecule has 7 nitrogen and oxygen atoms in total. The molecule has 0 radical (unpaired) electrons. The van der Waals surface area contributed by atoms with Crippen LogP contribution in [0.3, 0.4) is 0 Å². The summed E-state index contributed by atoms with van der Waals surface area (Å²) < 4.78 is 10.6. The fourth-order valence-electron chi connectivity index (χ4n) is 2.83. The number of fused-ring (bicyclic) bond motifs is 1. The van der Waals surface area contributed by atoms with E-state index in [4.69, 9.17) is 9.47 Å². The number of carbonyl (C=O) groups excluding carboxylic acids is 1. The summed E-state index contributed by atoms with van der Waals surface area (Å²) in [5, 5.41) is 10.9. The van der Waals surface area contributed by atoms with Crippen molar-refractivity contribution in [1.29, 1.82) is 0 Å². The minimum absolute atomic E-state index is 0.00967. The lowest BCUT2D eigenvalue weighted by Crippen LogP contribution is -2.28. The molecule has 1 amide bonds. The average Bonchev–Trinajstić information content (AvgIpc) is 3.20. The third-order valence-corrected chi connectivity index (χ3v) is 5.10. The van der Waals surface area contributed by atoms with Crippen LogP contribution in [0.15, 0.2) is 42.5 Å². The molecule has 1 saturated heterocycles. The number of nitro benzene ring substituents is 1. The van der Waals surface area contributed by atoms with E-state index in [9.17, 15) is 14.9 Å². The highest BCUT2D eigenvalue weighted by atomic mass is 32.2. The Hall–Kier alpha value is -2.74. The number of nitrogens with zero attached hydrogens (tertiary/aromatic N) is 2. The maximum atomic E-state index is 12.4. The van der Waals surface area contributed by atoms with Gasteiger partial charge in [-0.3, -0.25) is 19.8 Å². The van der Waals surface area contributed by atoms with Gasteiger partial charge in [0.25, 0.3) is 5.69 Å². The number of thioether (sulfide) groups is 1. The van der Waals surface area contributed by atoms with E-state index in [0.29, 0.717) is 22.7 Å². The van der Waals surface area contributed by atoms with Gasteiger partial charge >= 0.3 is 0 Å². The van der Waals surface area contributed by atoms with Crippen molar-refractivity contribution in [2.45, 2.75) is 5.37 Å². The second-order valence-electron chi connectivity index (χ2n) is 5.28. The van der Waals surface area contributed by atoms with Crippen LogP contribution in [0.25, 0.3) is 0 Å². The largest absolute Gasteiger partial charge is 0.454 e. The number of nitro groups is 1. The van der Waals surface area contributed by atoms with Gasteiger partial charge in [-0.2, -0.15) is 0 Å². The summed E-state index contributed by atoms with van der Waals surface area (Å²) >= 11 is 1.37. The lowest BCUT2D eigenvalue weighted by Gasteiger charge is -2.24. The number of anilines is 1. The minimum atomic E-state index is -0.445. The van der Waals surface area contributed by atoms with Crippen LogP contribution >= 0.6 is 11.8 Å². The summed E-state index contributed by atoms with van der Waals surface area (Å²) in [6.45, 7) is 0.148. The normalized spacial score (nSPS) is 18.9. The highest BCUT2D eigenvalue weighted by Crippen LogP contribution is 2.46. The third-order valence-electron chi connectivity index (χ3n) is 3.90. The highest BCUT2D eigenvalue weighted by Gasteiger charge is 2.38. The molecule has 2 aromatic carbocycles. The Morgan fingerprint density at radius 1 is 1.17 bits per heavy atom. The van der Waals surface area contributed by atoms with Crippen molar-refractivity contribution in [3.8, 4) is 11.5 Å². The van der Waals surface area contributed by atoms with Gasteiger partial charge < -0.3 is 9.47 Å². The molecule has 2 aliphatic heterocycles. The fourth-order valence-corrected chi connectivity index (χ4v) is 4.04. The number of hydrogen-bond donors (Lipinski definition) is 0. The Balaban J connectivity index is 1.77. The van der Waals surface area contributed by atoms with E-state index in [1.165, 1.54) is 17.8 Å². The summed E-state index contributed by atoms with van der Waals surface area (Å²) in [6, 6.07) is 11.7. The lowest BCUT2D eigenvalue weighted by atomic mass is 10.1. The van der Waals surface area contributed by atoms with E-state index in [1.54, 1.807) is 41.3 Å². The van der Waals surface area contributed by atoms with Crippen molar-refractivity contribution in [1.82, 2.24) is 0 Å². The van der Waals surface area contributed by atoms with Gasteiger partial charge in [0.05, 0.1) is 16.2 Å². The van der Waals surface area contributed by atoms with Gasteiger partial charge in [0, 0.05) is 17.8 Å². The number of amides is 1. The molecule has 1 fully saturated rings. The molecule has 8 heteroatoms. The third kappa shape index (κ3) is 2.35. The summed E-state index contributed by atoms with van der Waals surface area (Å²) in [6.07, 6.45) is 0. The van der Waals surface area contributed by atoms with E-state index in [1.807, 2.05) is 0 Å². The smallest absolute Gasteiger partial charge is 0.275 e. The van der Waals surface area contributed by atoms with Gasteiger partial charge in [0.15, 0.2) is 11.5 Å². The Morgan fingerprint density at radius 2 is 1.96 bits per heavy atom. The number of rotatable bonds is 3. The molecule has 1 atom stereocenters. The summed E-state index contributed by atoms with van der Waals surface area (Å²) in [4.78, 5) is 24.9. The van der Waals surface area contributed by atoms with Crippen molar-refractivity contribution < 1.29 is 19.2 Å². The van der Waals surface area contributed by atoms with Crippen molar-refractivity contribution in [3.63, 3.8) is 0 Å². The predicted molar refractivity (Wildman–Crippen MR) is 88.3 cm³/mol. The topological polar surface area (TPSA) is 81.9 Å². The van der Waals surface area contributed by atoms with Gasteiger partial charge in [0.1, 0.15) is 5.37 Å². The Morgan fingerprint density at radius 3 is 2.79 bits per heavy atom. The summed E-state index contributed by atoms with van der Waals surface area (Å²) in [5.41, 5.74) is 1.16. The molecule has 0 spiro atoms. The predicted octanol–water partition coefficient (Wildman–Crippen LogP) is 3.10. The molecule has 122 valence electrons. The first-order valence-electron chi connectivity index (χ1n) is 7.22. The van der Waals surface area contributed by atoms with Crippen LogP contribution in [0, 0.1) is 10.1 Å². The zero-order valence-corrected chi connectivity index (χ0v) is 13.2. The van der Waals surface area contributed by atoms with Crippen LogP contribution in [0.4, 0.5) is 11.4 Å². The first-order valence-corrected chi connectivity index (χ1v) is 8.26. The van der Waals surface area contributed by atoms with Crippen LogP contribution < -0.4 is 14.4 Å². The maximum absolute atomic E-state index is 12.4. The SMILES string of the molecule is O=C1CSC(c2ccccc2[N+](=O)[O-])N1c1ccc2c(c1)OCO2. The molecule has 0 saturated carbocycles. The second-order valence-corrected chi connectivity index (χ2v) is 6.35. The Kier molecular flexibility index (Phi) is 3.53. The molecule has 2 aliphatic rings. The molecule has 2 aromatic rings. The van der Waals surface area contributed by atoms with Crippen LogP contribution in [-0.2, 0) is 4.79 Å². The highest BCUT2D eigenvalue weighted by molar-refractivity contribution is 8.00. The zero-order valence-electron chi connectivity index (χ0n) is 12.4. The molecule has 0 aromatic heterocycles. The molecule has 0 aliphatic carbocycles. The Bertz CT molecular complexity index is 841. The number of hydrogen-bond acceptors (Lipinski definition) is 6. The number of para-hydroxylation sites is 1. The number of carbonyl (C=O) groups is 1. The van der Waals surface area contributed by atoms with Crippen molar-refractivity contribution in [2.24, 2.45) is 0 Å². The van der Waals surface area contributed by atoms with E-state index in [2.05, 4.69) is 0 Å². The number of benzene rings is 2. The van der Waals surface area contributed by atoms with E-state index < -0.39 is 10.3 Å². The molecule has 1 unspecified atom stereocenters. The second kappa shape index (κ2) is 5.72. The van der Waals surface area contributed by atoms with Gasteiger partial charge in [-0.05, 0) is 18.2 Å². The zero-order chi connectivity index (χ0) is 16.7. The van der Waals surface area contributed by atoms with Crippen molar-refractivity contribution in [3.05, 3.63) is 58.1 Å². The first kappa shape index (κ1) is 14.8.